The summed E-state index contributed by atoms with van der Waals surface area (Å²) < 4.78 is 0. The Balaban J connectivity index is 1.14. The molecular weight excluding hydrogens is 450 g/mol. The summed E-state index contributed by atoms with van der Waals surface area (Å²) in [5, 5.41) is 19.8. The molecule has 7 heteroatoms. The number of benzene rings is 1. The van der Waals surface area contributed by atoms with Crippen LogP contribution in [0.25, 0.3) is 0 Å². The van der Waals surface area contributed by atoms with Crippen LogP contribution in [-0.2, 0) is 0 Å². The van der Waals surface area contributed by atoms with Crippen molar-refractivity contribution < 1.29 is 9.90 Å². The van der Waals surface area contributed by atoms with Gasteiger partial charge in [0.05, 0.1) is 11.9 Å². The van der Waals surface area contributed by atoms with E-state index >= 15 is 0 Å². The molecule has 196 valence electrons. The number of aryl methyl sites for hydroxylation is 2. The molecule has 6 fully saturated rings. The van der Waals surface area contributed by atoms with Gasteiger partial charge in [-0.15, -0.1) is 0 Å². The van der Waals surface area contributed by atoms with Crippen molar-refractivity contribution in [1.29, 1.82) is 5.41 Å². The third kappa shape index (κ3) is 3.80. The molecule has 36 heavy (non-hydrogen) atoms. The Hall–Kier alpha value is -2.28. The number of amides is 2. The number of nitrogens with two attached hydrogens (primary N) is 1. The van der Waals surface area contributed by atoms with Crippen molar-refractivity contribution in [3.05, 3.63) is 29.3 Å². The summed E-state index contributed by atoms with van der Waals surface area (Å²) in [4.78, 5) is 20.2. The number of piperazine rings is 1. The van der Waals surface area contributed by atoms with Crippen molar-refractivity contribution in [3.63, 3.8) is 0 Å². The second-order valence-corrected chi connectivity index (χ2v) is 12.7. The second-order valence-electron chi connectivity index (χ2n) is 12.7. The van der Waals surface area contributed by atoms with Gasteiger partial charge >= 0.3 is 6.03 Å². The fraction of sp³-hybridized carbons (Fsp3) is 0.724. The zero-order valence-corrected chi connectivity index (χ0v) is 22.0. The number of hydrogen-bond donors (Lipinski definition) is 3. The SMILES string of the molecule is Cc1ccc(C)c(N2CCN(C(=O)N3CCCC(C4C5CC6CC(CC4(C(=N)N)C6)C5O)C3)CC2)c1. The summed E-state index contributed by atoms with van der Waals surface area (Å²) in [5.74, 6) is 2.03. The van der Waals surface area contributed by atoms with Gasteiger partial charge in [-0.05, 0) is 99.2 Å². The van der Waals surface area contributed by atoms with E-state index in [-0.39, 0.29) is 29.4 Å². The summed E-state index contributed by atoms with van der Waals surface area (Å²) in [6, 6.07) is 6.77. The molecule has 2 amide bonds. The minimum atomic E-state index is -0.261. The van der Waals surface area contributed by atoms with Gasteiger partial charge in [0.1, 0.15) is 0 Å². The van der Waals surface area contributed by atoms with E-state index in [1.54, 1.807) is 0 Å². The lowest BCUT2D eigenvalue weighted by atomic mass is 9.41. The van der Waals surface area contributed by atoms with Crippen LogP contribution in [0.5, 0.6) is 0 Å². The molecule has 2 heterocycles. The molecule has 7 rings (SSSR count). The maximum Gasteiger partial charge on any atom is 0.320 e. The number of carbonyl (C=O) groups is 1. The molecule has 4 bridgehead atoms. The number of aliphatic hydroxyl groups excluding tert-OH is 1. The number of anilines is 1. The van der Waals surface area contributed by atoms with Gasteiger partial charge in [-0.3, -0.25) is 5.41 Å². The molecule has 2 aliphatic heterocycles. The van der Waals surface area contributed by atoms with Crippen LogP contribution in [-0.4, -0.2) is 72.1 Å². The van der Waals surface area contributed by atoms with E-state index in [4.69, 9.17) is 11.1 Å². The van der Waals surface area contributed by atoms with E-state index < -0.39 is 0 Å². The van der Waals surface area contributed by atoms with E-state index in [2.05, 4.69) is 41.8 Å². The zero-order chi connectivity index (χ0) is 25.2. The van der Waals surface area contributed by atoms with Gasteiger partial charge in [0, 0.05) is 50.4 Å². The van der Waals surface area contributed by atoms with Gasteiger partial charge < -0.3 is 25.5 Å². The van der Waals surface area contributed by atoms with Gasteiger partial charge in [0.15, 0.2) is 0 Å². The molecule has 0 spiro atoms. The summed E-state index contributed by atoms with van der Waals surface area (Å²) >= 11 is 0. The van der Waals surface area contributed by atoms with E-state index in [1.807, 2.05) is 4.90 Å². The van der Waals surface area contributed by atoms with Crippen molar-refractivity contribution in [2.45, 2.75) is 58.5 Å². The molecule has 4 N–H and O–H groups in total. The zero-order valence-electron chi connectivity index (χ0n) is 22.0. The third-order valence-corrected chi connectivity index (χ3v) is 10.6. The number of rotatable bonds is 3. The standard InChI is InChI=1S/C29H43N5O2/c1-18-5-6-19(2)24(12-18)32-8-10-33(11-9-32)28(36)34-7-3-4-21(17-34)25-23-14-20-13-22(26(23)35)16-29(25,15-20)27(30)31/h5-6,12,20-23,25-26,35H,3-4,7-11,13-17H2,1-2H3,(H3,30,31). The molecule has 7 unspecified atom stereocenters. The summed E-state index contributed by atoms with van der Waals surface area (Å²) in [7, 11) is 0. The van der Waals surface area contributed by atoms with E-state index in [0.29, 0.717) is 23.6 Å². The maximum absolute atomic E-state index is 13.6. The first kappa shape index (κ1) is 24.1. The van der Waals surface area contributed by atoms with Crippen LogP contribution in [0, 0.1) is 54.3 Å². The highest BCUT2D eigenvalue weighted by Gasteiger charge is 2.63. The summed E-state index contributed by atoms with van der Waals surface area (Å²) in [5.41, 5.74) is 9.92. The van der Waals surface area contributed by atoms with Crippen LogP contribution in [0.2, 0.25) is 0 Å². The molecule has 2 saturated heterocycles. The summed E-state index contributed by atoms with van der Waals surface area (Å²) in [6.45, 7) is 9.07. The molecule has 4 saturated carbocycles. The van der Waals surface area contributed by atoms with E-state index in [1.165, 1.54) is 16.8 Å². The number of carbonyl (C=O) groups excluding carboxylic acids is 1. The van der Waals surface area contributed by atoms with Crippen LogP contribution in [0.4, 0.5) is 10.5 Å². The predicted molar refractivity (Wildman–Crippen MR) is 142 cm³/mol. The molecule has 0 aromatic heterocycles. The molecule has 4 aliphatic carbocycles. The number of likely N-dealkylation sites (tertiary alicyclic amines) is 1. The molecule has 0 radical (unpaired) electrons. The van der Waals surface area contributed by atoms with Gasteiger partial charge in [-0.1, -0.05) is 12.1 Å². The molecule has 7 nitrogen and oxygen atoms in total. The average Bonchev–Trinajstić information content (AvgIpc) is 2.88. The van der Waals surface area contributed by atoms with Gasteiger partial charge in [0.25, 0.3) is 0 Å². The Kier molecular flexibility index (Phi) is 5.97. The number of piperidine rings is 1. The lowest BCUT2D eigenvalue weighted by Crippen LogP contribution is -2.66. The first-order chi connectivity index (χ1) is 17.3. The third-order valence-electron chi connectivity index (χ3n) is 10.6. The number of aliphatic hydroxyl groups is 1. The highest BCUT2D eigenvalue weighted by atomic mass is 16.3. The van der Waals surface area contributed by atoms with Gasteiger partial charge in [-0.2, -0.15) is 0 Å². The quantitative estimate of drug-likeness (QED) is 0.443. The molecular formula is C29H43N5O2. The molecule has 7 atom stereocenters. The topological polar surface area (TPSA) is 96.9 Å². The normalized spacial score (nSPS) is 37.9. The van der Waals surface area contributed by atoms with Gasteiger partial charge in [-0.25, -0.2) is 4.79 Å². The lowest BCUT2D eigenvalue weighted by Gasteiger charge is -2.64. The number of urea groups is 1. The average molecular weight is 494 g/mol. The van der Waals surface area contributed by atoms with Crippen LogP contribution >= 0.6 is 0 Å². The molecule has 1 aromatic rings. The minimum Gasteiger partial charge on any atom is -0.393 e. The summed E-state index contributed by atoms with van der Waals surface area (Å²) in [6.07, 6.45) is 5.86. The number of hydrogen-bond acceptors (Lipinski definition) is 4. The Morgan fingerprint density at radius 3 is 2.58 bits per heavy atom. The van der Waals surface area contributed by atoms with E-state index in [0.717, 1.165) is 77.8 Å². The van der Waals surface area contributed by atoms with Crippen molar-refractivity contribution in [1.82, 2.24) is 9.80 Å². The first-order valence-electron chi connectivity index (χ1n) is 14.2. The van der Waals surface area contributed by atoms with E-state index in [9.17, 15) is 9.90 Å². The van der Waals surface area contributed by atoms with Crippen LogP contribution in [0.15, 0.2) is 18.2 Å². The lowest BCUT2D eigenvalue weighted by molar-refractivity contribution is -0.170. The fourth-order valence-corrected chi connectivity index (χ4v) is 9.09. The Morgan fingerprint density at radius 2 is 1.83 bits per heavy atom. The number of amidine groups is 1. The van der Waals surface area contributed by atoms with Crippen molar-refractivity contribution in [3.8, 4) is 0 Å². The number of nitrogens with zero attached hydrogens (tertiary/aromatic N) is 3. The largest absolute Gasteiger partial charge is 0.393 e. The highest BCUT2D eigenvalue weighted by molar-refractivity contribution is 5.84. The second kappa shape index (κ2) is 8.93. The maximum atomic E-state index is 13.6. The fourth-order valence-electron chi connectivity index (χ4n) is 9.09. The monoisotopic (exact) mass is 493 g/mol. The molecule has 1 aromatic carbocycles. The first-order valence-corrected chi connectivity index (χ1v) is 14.2. The number of nitrogens with one attached hydrogen (secondary N) is 1. The van der Waals surface area contributed by atoms with Crippen LogP contribution < -0.4 is 10.6 Å². The smallest absolute Gasteiger partial charge is 0.320 e. The van der Waals surface area contributed by atoms with Crippen LogP contribution in [0.3, 0.4) is 0 Å². The Labute approximate surface area is 215 Å². The predicted octanol–water partition coefficient (Wildman–Crippen LogP) is 3.61. The minimum absolute atomic E-state index is 0.168. The van der Waals surface area contributed by atoms with Crippen molar-refractivity contribution >= 4 is 17.6 Å². The van der Waals surface area contributed by atoms with Gasteiger partial charge in [0.2, 0.25) is 0 Å². The van der Waals surface area contributed by atoms with Crippen molar-refractivity contribution in [2.75, 3.05) is 44.2 Å². The Morgan fingerprint density at radius 1 is 1.06 bits per heavy atom. The van der Waals surface area contributed by atoms with Crippen molar-refractivity contribution in [2.24, 2.45) is 40.7 Å². The highest BCUT2D eigenvalue weighted by Crippen LogP contribution is 2.65. The Bertz CT molecular complexity index is 1040. The molecule has 6 aliphatic rings. The van der Waals surface area contributed by atoms with Crippen LogP contribution in [0.1, 0.15) is 49.7 Å².